The van der Waals surface area contributed by atoms with Gasteiger partial charge in [-0.3, -0.25) is 4.79 Å². The van der Waals surface area contributed by atoms with Crippen LogP contribution >= 0.6 is 11.6 Å². The predicted octanol–water partition coefficient (Wildman–Crippen LogP) is 2.12. The highest BCUT2D eigenvalue weighted by molar-refractivity contribution is 6.33. The Morgan fingerprint density at radius 3 is 2.68 bits per heavy atom. The molecule has 0 bridgehead atoms. The molecule has 102 valence electrons. The fourth-order valence-corrected chi connectivity index (χ4v) is 1.77. The summed E-state index contributed by atoms with van der Waals surface area (Å²) < 4.78 is 0. The molecule has 2 rings (SSSR count). The fourth-order valence-electron chi connectivity index (χ4n) is 1.61. The quantitative estimate of drug-likeness (QED) is 0.773. The van der Waals surface area contributed by atoms with Crippen LogP contribution in [-0.2, 0) is 4.79 Å². The molecule has 1 fully saturated rings. The summed E-state index contributed by atoms with van der Waals surface area (Å²) in [6.45, 7) is 2.24. The van der Waals surface area contributed by atoms with Crippen molar-refractivity contribution in [1.82, 2.24) is 5.32 Å². The normalized spacial score (nSPS) is 15.9. The number of benzene rings is 1. The van der Waals surface area contributed by atoms with Crippen LogP contribution in [0.3, 0.4) is 0 Å². The number of hydrogen-bond acceptors (Lipinski definition) is 3. The van der Waals surface area contributed by atoms with Crippen molar-refractivity contribution >= 4 is 29.2 Å². The highest BCUT2D eigenvalue weighted by Gasteiger charge is 2.36. The van der Waals surface area contributed by atoms with Crippen LogP contribution in [-0.4, -0.2) is 29.1 Å². The number of carboxylic acids is 1. The number of hydrogen-bond donors (Lipinski definition) is 3. The minimum atomic E-state index is -1.06. The van der Waals surface area contributed by atoms with Crippen LogP contribution in [0, 0.1) is 0 Å². The topological polar surface area (TPSA) is 78.4 Å². The van der Waals surface area contributed by atoms with Gasteiger partial charge in [0, 0.05) is 5.54 Å². The average molecular weight is 283 g/mol. The first kappa shape index (κ1) is 13.8. The molecule has 0 aliphatic heterocycles. The van der Waals surface area contributed by atoms with E-state index in [1.165, 1.54) is 18.2 Å². The first-order valence-electron chi connectivity index (χ1n) is 5.97. The molecule has 0 aromatic heterocycles. The maximum atomic E-state index is 11.7. The molecule has 1 aromatic carbocycles. The highest BCUT2D eigenvalue weighted by atomic mass is 35.5. The van der Waals surface area contributed by atoms with Crippen molar-refractivity contribution in [2.24, 2.45) is 0 Å². The van der Waals surface area contributed by atoms with Gasteiger partial charge in [-0.2, -0.15) is 0 Å². The van der Waals surface area contributed by atoms with Gasteiger partial charge in [-0.25, -0.2) is 4.79 Å². The zero-order valence-corrected chi connectivity index (χ0v) is 11.3. The first-order chi connectivity index (χ1) is 8.89. The maximum absolute atomic E-state index is 11.7. The minimum absolute atomic E-state index is 0.0735. The van der Waals surface area contributed by atoms with E-state index in [4.69, 9.17) is 16.7 Å². The SMILES string of the molecule is CC1(NCC(=O)Nc2cc(C(=O)O)ccc2Cl)CC1. The Morgan fingerprint density at radius 1 is 1.42 bits per heavy atom. The van der Waals surface area contributed by atoms with Gasteiger partial charge in [-0.05, 0) is 38.0 Å². The number of carbonyl (C=O) groups excluding carboxylic acids is 1. The molecule has 0 spiro atoms. The standard InChI is InChI=1S/C13H15ClN2O3/c1-13(4-5-13)15-7-11(17)16-10-6-8(12(18)19)2-3-9(10)14/h2-3,6,15H,4-5,7H2,1H3,(H,16,17)(H,18,19). The van der Waals surface area contributed by atoms with Gasteiger partial charge in [0.25, 0.3) is 0 Å². The third-order valence-electron chi connectivity index (χ3n) is 3.16. The van der Waals surface area contributed by atoms with E-state index in [1.807, 2.05) is 0 Å². The van der Waals surface area contributed by atoms with Crippen molar-refractivity contribution in [2.45, 2.75) is 25.3 Å². The second-order valence-corrected chi connectivity index (χ2v) is 5.37. The maximum Gasteiger partial charge on any atom is 0.335 e. The van der Waals surface area contributed by atoms with Gasteiger partial charge in [0.05, 0.1) is 22.8 Å². The van der Waals surface area contributed by atoms with E-state index in [1.54, 1.807) is 0 Å². The molecular formula is C13H15ClN2O3. The highest BCUT2D eigenvalue weighted by Crippen LogP contribution is 2.33. The van der Waals surface area contributed by atoms with Gasteiger partial charge in [-0.1, -0.05) is 11.6 Å². The molecule has 1 aliphatic carbocycles. The molecule has 5 nitrogen and oxygen atoms in total. The lowest BCUT2D eigenvalue weighted by atomic mass is 10.2. The van der Waals surface area contributed by atoms with Gasteiger partial charge >= 0.3 is 5.97 Å². The smallest absolute Gasteiger partial charge is 0.335 e. The second-order valence-electron chi connectivity index (χ2n) is 4.96. The lowest BCUT2D eigenvalue weighted by Gasteiger charge is -2.12. The molecule has 3 N–H and O–H groups in total. The molecule has 1 amide bonds. The van der Waals surface area contributed by atoms with E-state index in [-0.39, 0.29) is 23.6 Å². The summed E-state index contributed by atoms with van der Waals surface area (Å²) >= 11 is 5.92. The van der Waals surface area contributed by atoms with Gasteiger partial charge in [0.15, 0.2) is 0 Å². The largest absolute Gasteiger partial charge is 0.478 e. The van der Waals surface area contributed by atoms with Gasteiger partial charge < -0.3 is 15.7 Å². The molecule has 19 heavy (non-hydrogen) atoms. The molecule has 0 radical (unpaired) electrons. The molecule has 1 saturated carbocycles. The number of nitrogens with one attached hydrogen (secondary N) is 2. The number of amides is 1. The molecule has 6 heteroatoms. The van der Waals surface area contributed by atoms with E-state index in [2.05, 4.69) is 17.6 Å². The number of aromatic carboxylic acids is 1. The van der Waals surface area contributed by atoms with Gasteiger partial charge in [0.2, 0.25) is 5.91 Å². The summed E-state index contributed by atoms with van der Waals surface area (Å²) in [6, 6.07) is 4.20. The molecule has 1 aromatic rings. The third-order valence-corrected chi connectivity index (χ3v) is 3.49. The van der Waals surface area contributed by atoms with Crippen molar-refractivity contribution in [2.75, 3.05) is 11.9 Å². The molecular weight excluding hydrogens is 268 g/mol. The number of carbonyl (C=O) groups is 2. The Morgan fingerprint density at radius 2 is 2.11 bits per heavy atom. The summed E-state index contributed by atoms with van der Waals surface area (Å²) in [7, 11) is 0. The van der Waals surface area contributed by atoms with Crippen molar-refractivity contribution in [1.29, 1.82) is 0 Å². The van der Waals surface area contributed by atoms with Crippen molar-refractivity contribution in [3.63, 3.8) is 0 Å². The summed E-state index contributed by atoms with van der Waals surface area (Å²) in [6.07, 6.45) is 2.13. The second kappa shape index (κ2) is 5.19. The Balaban J connectivity index is 1.99. The Bertz CT molecular complexity index is 527. The minimum Gasteiger partial charge on any atom is -0.478 e. The molecule has 0 unspecified atom stereocenters. The number of halogens is 1. The van der Waals surface area contributed by atoms with Gasteiger partial charge in [0.1, 0.15) is 0 Å². The average Bonchev–Trinajstić information content (AvgIpc) is 3.08. The van der Waals surface area contributed by atoms with E-state index in [0.717, 1.165) is 12.8 Å². The monoisotopic (exact) mass is 282 g/mol. The third kappa shape index (κ3) is 3.68. The molecule has 0 heterocycles. The van der Waals surface area contributed by atoms with Gasteiger partial charge in [-0.15, -0.1) is 0 Å². The summed E-state index contributed by atoms with van der Waals surface area (Å²) in [5.74, 6) is -1.30. The number of carboxylic acid groups (broad SMARTS) is 1. The van der Waals surface area contributed by atoms with Crippen molar-refractivity contribution < 1.29 is 14.7 Å². The van der Waals surface area contributed by atoms with Crippen LogP contribution in [0.15, 0.2) is 18.2 Å². The van der Waals surface area contributed by atoms with E-state index in [9.17, 15) is 9.59 Å². The zero-order chi connectivity index (χ0) is 14.0. The Labute approximate surface area is 116 Å². The van der Waals surface area contributed by atoms with Crippen LogP contribution in [0.5, 0.6) is 0 Å². The number of anilines is 1. The zero-order valence-electron chi connectivity index (χ0n) is 10.5. The Hall–Kier alpha value is -1.59. The van der Waals surface area contributed by atoms with E-state index < -0.39 is 5.97 Å². The summed E-state index contributed by atoms with van der Waals surface area (Å²) in [4.78, 5) is 22.6. The van der Waals surface area contributed by atoms with Crippen molar-refractivity contribution in [3.05, 3.63) is 28.8 Å². The van der Waals surface area contributed by atoms with E-state index >= 15 is 0 Å². The molecule has 1 aliphatic rings. The summed E-state index contributed by atoms with van der Waals surface area (Å²) in [5.41, 5.74) is 0.473. The lowest BCUT2D eigenvalue weighted by Crippen LogP contribution is -2.35. The fraction of sp³-hybridized carbons (Fsp3) is 0.385. The van der Waals surface area contributed by atoms with Crippen molar-refractivity contribution in [3.8, 4) is 0 Å². The Kier molecular flexibility index (Phi) is 3.78. The van der Waals surface area contributed by atoms with Crippen LogP contribution in [0.2, 0.25) is 5.02 Å². The lowest BCUT2D eigenvalue weighted by molar-refractivity contribution is -0.115. The van der Waals surface area contributed by atoms with Crippen LogP contribution in [0.1, 0.15) is 30.1 Å². The number of rotatable bonds is 5. The van der Waals surface area contributed by atoms with Crippen LogP contribution in [0.25, 0.3) is 0 Å². The summed E-state index contributed by atoms with van der Waals surface area (Å²) in [5, 5.41) is 14.9. The van der Waals surface area contributed by atoms with E-state index in [0.29, 0.717) is 10.7 Å². The molecule has 0 saturated heterocycles. The first-order valence-corrected chi connectivity index (χ1v) is 6.35. The van der Waals surface area contributed by atoms with Crippen LogP contribution in [0.4, 0.5) is 5.69 Å². The predicted molar refractivity (Wildman–Crippen MR) is 72.7 cm³/mol. The molecule has 0 atom stereocenters. The van der Waals surface area contributed by atoms with Crippen LogP contribution < -0.4 is 10.6 Å².